The van der Waals surface area contributed by atoms with Gasteiger partial charge in [-0.1, -0.05) is 5.16 Å². The summed E-state index contributed by atoms with van der Waals surface area (Å²) in [7, 11) is -2.10. The lowest BCUT2D eigenvalue weighted by Crippen LogP contribution is -2.24. The minimum Gasteiger partial charge on any atom is -0.506 e. The van der Waals surface area contributed by atoms with Crippen molar-refractivity contribution in [3.63, 3.8) is 0 Å². The molecule has 0 atom stereocenters. The molecule has 8 heteroatoms. The SMILES string of the molecule is CON=C1CCS(=O)(=O)c2ccc(C(O)=C3C(=O)CCCC3=O)c(C)c21. The van der Waals surface area contributed by atoms with Crippen molar-refractivity contribution >= 4 is 32.9 Å². The maximum atomic E-state index is 12.4. The van der Waals surface area contributed by atoms with Crippen LogP contribution in [0.2, 0.25) is 0 Å². The van der Waals surface area contributed by atoms with Crippen LogP contribution < -0.4 is 0 Å². The van der Waals surface area contributed by atoms with E-state index in [9.17, 15) is 23.1 Å². The highest BCUT2D eigenvalue weighted by Gasteiger charge is 2.33. The van der Waals surface area contributed by atoms with Crippen molar-refractivity contribution in [3.8, 4) is 0 Å². The van der Waals surface area contributed by atoms with E-state index in [4.69, 9.17) is 4.84 Å². The second kappa shape index (κ2) is 6.68. The average Bonchev–Trinajstić information content (AvgIpc) is 2.57. The molecule has 0 unspecified atom stereocenters. The molecular formula is C18H19NO6S. The zero-order valence-electron chi connectivity index (χ0n) is 14.5. The predicted octanol–water partition coefficient (Wildman–Crippen LogP) is 2.11. The van der Waals surface area contributed by atoms with Crippen LogP contribution in [0.25, 0.3) is 5.76 Å². The van der Waals surface area contributed by atoms with Gasteiger partial charge in [0, 0.05) is 30.4 Å². The number of benzene rings is 1. The molecule has 1 aliphatic carbocycles. The third kappa shape index (κ3) is 2.94. The van der Waals surface area contributed by atoms with E-state index < -0.39 is 27.2 Å². The molecular weight excluding hydrogens is 358 g/mol. The first-order valence-corrected chi connectivity index (χ1v) is 9.90. The van der Waals surface area contributed by atoms with Gasteiger partial charge in [-0.25, -0.2) is 8.42 Å². The van der Waals surface area contributed by atoms with Crippen LogP contribution >= 0.6 is 0 Å². The van der Waals surface area contributed by atoms with Gasteiger partial charge in [0.05, 0.1) is 16.4 Å². The van der Waals surface area contributed by atoms with Crippen LogP contribution in [-0.4, -0.2) is 43.7 Å². The minimum atomic E-state index is -3.47. The van der Waals surface area contributed by atoms with E-state index in [0.717, 1.165) is 0 Å². The van der Waals surface area contributed by atoms with Crippen molar-refractivity contribution < 1.29 is 28.0 Å². The van der Waals surface area contributed by atoms with Crippen LogP contribution in [0.4, 0.5) is 0 Å². The van der Waals surface area contributed by atoms with Gasteiger partial charge < -0.3 is 9.94 Å². The fourth-order valence-corrected chi connectivity index (χ4v) is 4.98. The molecule has 1 aliphatic heterocycles. The summed E-state index contributed by atoms with van der Waals surface area (Å²) in [6.45, 7) is 1.63. The fourth-order valence-electron chi connectivity index (χ4n) is 3.44. The highest BCUT2D eigenvalue weighted by molar-refractivity contribution is 7.91. The van der Waals surface area contributed by atoms with Gasteiger partial charge in [0.2, 0.25) is 0 Å². The molecule has 3 rings (SSSR count). The van der Waals surface area contributed by atoms with E-state index in [1.165, 1.54) is 19.2 Å². The first-order valence-electron chi connectivity index (χ1n) is 8.24. The topological polar surface area (TPSA) is 110 Å². The van der Waals surface area contributed by atoms with Crippen molar-refractivity contribution in [2.75, 3.05) is 12.9 Å². The number of ketones is 2. The Morgan fingerprint density at radius 3 is 2.42 bits per heavy atom. The molecule has 138 valence electrons. The molecule has 1 aromatic carbocycles. The van der Waals surface area contributed by atoms with Gasteiger partial charge in [-0.05, 0) is 31.0 Å². The van der Waals surface area contributed by atoms with Crippen LogP contribution in [0.15, 0.2) is 27.8 Å². The molecule has 0 amide bonds. The summed E-state index contributed by atoms with van der Waals surface area (Å²) in [5.74, 6) is -1.27. The molecule has 7 nitrogen and oxygen atoms in total. The molecule has 0 bridgehead atoms. The molecule has 0 aromatic heterocycles. The second-order valence-electron chi connectivity index (χ2n) is 6.32. The Morgan fingerprint density at radius 1 is 1.15 bits per heavy atom. The Morgan fingerprint density at radius 2 is 1.81 bits per heavy atom. The molecule has 1 N–H and O–H groups in total. The van der Waals surface area contributed by atoms with Gasteiger partial charge in [-0.15, -0.1) is 0 Å². The normalized spacial score (nSPS) is 20.8. The van der Waals surface area contributed by atoms with E-state index >= 15 is 0 Å². The van der Waals surface area contributed by atoms with Crippen LogP contribution in [-0.2, 0) is 24.3 Å². The summed E-state index contributed by atoms with van der Waals surface area (Å²) in [6.07, 6.45) is 1.07. The van der Waals surface area contributed by atoms with Gasteiger partial charge in [-0.3, -0.25) is 9.59 Å². The quantitative estimate of drug-likeness (QED) is 0.366. The van der Waals surface area contributed by atoms with Crippen LogP contribution in [0.3, 0.4) is 0 Å². The Labute approximate surface area is 151 Å². The number of sulfone groups is 1. The predicted molar refractivity (Wildman–Crippen MR) is 94.8 cm³/mol. The molecule has 1 heterocycles. The van der Waals surface area contributed by atoms with E-state index in [1.54, 1.807) is 6.92 Å². The number of aliphatic hydroxyl groups excluding tert-OH is 1. The first kappa shape index (κ1) is 18.3. The number of hydrogen-bond acceptors (Lipinski definition) is 7. The van der Waals surface area contributed by atoms with Gasteiger partial charge in [-0.2, -0.15) is 0 Å². The number of Topliss-reactive ketones (excluding diaryl/α,β-unsaturated/α-hetero) is 2. The Balaban J connectivity index is 2.27. The standard InChI is InChI=1S/C18H19NO6S/c1-10-11(18(22)17-13(20)4-3-5-14(17)21)6-7-15-16(10)12(19-25-2)8-9-26(15,23)24/h6-7,22H,3-5,8-9H2,1-2H3. The summed E-state index contributed by atoms with van der Waals surface area (Å²) in [5.41, 5.74) is 1.30. The van der Waals surface area contributed by atoms with E-state index in [2.05, 4.69) is 5.16 Å². The molecule has 1 saturated carbocycles. The number of rotatable bonds is 2. The third-order valence-electron chi connectivity index (χ3n) is 4.72. The second-order valence-corrected chi connectivity index (χ2v) is 8.40. The minimum absolute atomic E-state index is 0.0783. The molecule has 26 heavy (non-hydrogen) atoms. The maximum Gasteiger partial charge on any atom is 0.179 e. The third-order valence-corrected chi connectivity index (χ3v) is 6.47. The lowest BCUT2D eigenvalue weighted by Gasteiger charge is -2.22. The van der Waals surface area contributed by atoms with Gasteiger partial charge in [0.15, 0.2) is 21.4 Å². The Hall–Kier alpha value is -2.48. The van der Waals surface area contributed by atoms with Gasteiger partial charge >= 0.3 is 0 Å². The maximum absolute atomic E-state index is 12.4. The number of allylic oxidation sites excluding steroid dienone is 1. The number of aliphatic hydroxyl groups is 1. The molecule has 0 saturated heterocycles. The van der Waals surface area contributed by atoms with Gasteiger partial charge in [0.25, 0.3) is 0 Å². The van der Waals surface area contributed by atoms with Gasteiger partial charge in [0.1, 0.15) is 18.4 Å². The number of carbonyl (C=O) groups excluding carboxylic acids is 2. The molecule has 0 spiro atoms. The van der Waals surface area contributed by atoms with E-state index in [0.29, 0.717) is 23.3 Å². The van der Waals surface area contributed by atoms with E-state index in [1.807, 2.05) is 0 Å². The number of carbonyl (C=O) groups is 2. The number of oxime groups is 1. The smallest absolute Gasteiger partial charge is 0.179 e. The largest absolute Gasteiger partial charge is 0.506 e. The first-order chi connectivity index (χ1) is 12.3. The summed E-state index contributed by atoms with van der Waals surface area (Å²) in [6, 6.07) is 2.81. The highest BCUT2D eigenvalue weighted by atomic mass is 32.2. The number of nitrogens with zero attached hydrogens (tertiary/aromatic N) is 1. The Bertz CT molecular complexity index is 954. The average molecular weight is 377 g/mol. The summed E-state index contributed by atoms with van der Waals surface area (Å²) >= 11 is 0. The lowest BCUT2D eigenvalue weighted by molar-refractivity contribution is -0.123. The van der Waals surface area contributed by atoms with Crippen LogP contribution in [0, 0.1) is 6.92 Å². The lowest BCUT2D eigenvalue weighted by atomic mass is 9.87. The van der Waals surface area contributed by atoms with Crippen LogP contribution in [0.5, 0.6) is 0 Å². The molecule has 0 radical (unpaired) electrons. The zero-order valence-corrected chi connectivity index (χ0v) is 15.4. The summed E-state index contributed by atoms with van der Waals surface area (Å²) < 4.78 is 24.8. The number of hydrogen-bond donors (Lipinski definition) is 1. The van der Waals surface area contributed by atoms with Crippen molar-refractivity contribution in [1.29, 1.82) is 0 Å². The fraction of sp³-hybridized carbons (Fsp3) is 0.389. The molecule has 1 aromatic rings. The van der Waals surface area contributed by atoms with Crippen molar-refractivity contribution in [1.82, 2.24) is 0 Å². The Kier molecular flexibility index (Phi) is 4.70. The monoisotopic (exact) mass is 377 g/mol. The molecule has 2 aliphatic rings. The van der Waals surface area contributed by atoms with Crippen molar-refractivity contribution in [2.24, 2.45) is 5.16 Å². The van der Waals surface area contributed by atoms with Crippen molar-refractivity contribution in [3.05, 3.63) is 34.4 Å². The summed E-state index contributed by atoms with van der Waals surface area (Å²) in [4.78, 5) is 29.2. The number of fused-ring (bicyclic) bond motifs is 1. The van der Waals surface area contributed by atoms with Crippen molar-refractivity contribution in [2.45, 2.75) is 37.5 Å². The summed E-state index contributed by atoms with van der Waals surface area (Å²) in [5, 5.41) is 14.5. The molecule has 1 fully saturated rings. The zero-order chi connectivity index (χ0) is 19.1. The van der Waals surface area contributed by atoms with E-state index in [-0.39, 0.29) is 41.0 Å². The van der Waals surface area contributed by atoms with Crippen LogP contribution in [0.1, 0.15) is 42.4 Å². The highest BCUT2D eigenvalue weighted by Crippen LogP contribution is 2.34.